The zero-order valence-corrected chi connectivity index (χ0v) is 14.7. The highest BCUT2D eigenvalue weighted by molar-refractivity contribution is 6.01. The molecule has 0 bridgehead atoms. The topological polar surface area (TPSA) is 93.8 Å². The van der Waals surface area contributed by atoms with E-state index < -0.39 is 6.17 Å². The number of fused-ring (bicyclic) bond motifs is 1. The minimum atomic E-state index is -0.826. The number of rotatable bonds is 3. The van der Waals surface area contributed by atoms with Gasteiger partial charge in [0.15, 0.2) is 0 Å². The first-order valence-electron chi connectivity index (χ1n) is 8.61. The van der Waals surface area contributed by atoms with Crippen LogP contribution in [0.15, 0.2) is 48.4 Å². The van der Waals surface area contributed by atoms with Crippen LogP contribution >= 0.6 is 0 Å². The number of nitrogens with two attached hydrogens (primary N) is 1. The summed E-state index contributed by atoms with van der Waals surface area (Å²) in [7, 11) is 0. The van der Waals surface area contributed by atoms with Crippen LogP contribution in [0.4, 0.5) is 16.0 Å². The molecule has 0 aliphatic heterocycles. The summed E-state index contributed by atoms with van der Waals surface area (Å²) in [6, 6.07) is 5.55. The first-order chi connectivity index (χ1) is 13.0. The number of nitrogens with zero attached hydrogens (tertiary/aromatic N) is 3. The van der Waals surface area contributed by atoms with Crippen molar-refractivity contribution in [3.63, 3.8) is 0 Å². The Balaban J connectivity index is 1.66. The Morgan fingerprint density at radius 1 is 1.33 bits per heavy atom. The highest BCUT2D eigenvalue weighted by atomic mass is 19.1. The third kappa shape index (κ3) is 3.48. The molecule has 3 heterocycles. The van der Waals surface area contributed by atoms with E-state index >= 15 is 0 Å². The van der Waals surface area contributed by atoms with Crippen molar-refractivity contribution < 1.29 is 9.18 Å². The number of halogens is 1. The largest absolute Gasteiger partial charge is 0.383 e. The van der Waals surface area contributed by atoms with Crippen LogP contribution < -0.4 is 11.1 Å². The summed E-state index contributed by atoms with van der Waals surface area (Å²) in [5, 5.41) is 4.23. The summed E-state index contributed by atoms with van der Waals surface area (Å²) < 4.78 is 12.9. The number of nitrogens with one attached hydrogen (secondary N) is 1. The quantitative estimate of drug-likeness (QED) is 0.694. The molecule has 4 rings (SSSR count). The number of aromatic nitrogens is 3. The zero-order chi connectivity index (χ0) is 19.0. The highest BCUT2D eigenvalue weighted by Crippen LogP contribution is 2.30. The molecule has 3 N–H and O–H groups in total. The molecule has 136 valence electrons. The Labute approximate surface area is 155 Å². The lowest BCUT2D eigenvalue weighted by atomic mass is 9.90. The van der Waals surface area contributed by atoms with E-state index in [4.69, 9.17) is 5.73 Å². The number of amides is 1. The average Bonchev–Trinajstić information content (AvgIpc) is 2.60. The smallest absolute Gasteiger partial charge is 0.249 e. The van der Waals surface area contributed by atoms with Gasteiger partial charge in [-0.25, -0.2) is 14.4 Å². The van der Waals surface area contributed by atoms with Crippen molar-refractivity contribution in [2.24, 2.45) is 0 Å². The van der Waals surface area contributed by atoms with Gasteiger partial charge in [0.2, 0.25) is 5.91 Å². The second-order valence-electron chi connectivity index (χ2n) is 6.67. The van der Waals surface area contributed by atoms with Crippen molar-refractivity contribution >= 4 is 28.3 Å². The van der Waals surface area contributed by atoms with Crippen LogP contribution in [0.3, 0.4) is 0 Å². The molecule has 0 atom stereocenters. The summed E-state index contributed by atoms with van der Waals surface area (Å²) in [5.41, 5.74) is 9.54. The number of nitrogen functional groups attached to an aromatic ring is 1. The van der Waals surface area contributed by atoms with Gasteiger partial charge in [0.05, 0.1) is 5.69 Å². The second kappa shape index (κ2) is 6.75. The van der Waals surface area contributed by atoms with Crippen LogP contribution in [0.5, 0.6) is 0 Å². The lowest BCUT2D eigenvalue weighted by Crippen LogP contribution is -2.18. The van der Waals surface area contributed by atoms with Crippen LogP contribution in [-0.2, 0) is 4.79 Å². The van der Waals surface area contributed by atoms with Gasteiger partial charge in [-0.1, -0.05) is 5.57 Å². The van der Waals surface area contributed by atoms with Gasteiger partial charge in [-0.2, -0.15) is 0 Å². The maximum Gasteiger partial charge on any atom is 0.249 e. The molecular formula is C20H18FN5O. The molecule has 3 aromatic heterocycles. The monoisotopic (exact) mass is 363 g/mol. The number of pyridine rings is 3. The van der Waals surface area contributed by atoms with Crippen LogP contribution in [0.25, 0.3) is 22.0 Å². The van der Waals surface area contributed by atoms with Gasteiger partial charge in [0, 0.05) is 48.5 Å². The van der Waals surface area contributed by atoms with E-state index in [0.29, 0.717) is 35.6 Å². The minimum absolute atomic E-state index is 0.311. The van der Waals surface area contributed by atoms with Crippen molar-refractivity contribution in [2.75, 3.05) is 11.1 Å². The third-order valence-electron chi connectivity index (χ3n) is 4.61. The normalized spacial score (nSPS) is 16.1. The molecule has 1 aliphatic carbocycles. The van der Waals surface area contributed by atoms with E-state index in [1.807, 2.05) is 19.1 Å². The maximum absolute atomic E-state index is 12.9. The predicted molar refractivity (Wildman–Crippen MR) is 103 cm³/mol. The van der Waals surface area contributed by atoms with Gasteiger partial charge in [-0.15, -0.1) is 0 Å². The van der Waals surface area contributed by atoms with E-state index in [-0.39, 0.29) is 5.91 Å². The molecule has 0 unspecified atom stereocenters. The molecular weight excluding hydrogens is 345 g/mol. The highest BCUT2D eigenvalue weighted by Gasteiger charge is 2.22. The number of anilines is 2. The molecule has 6 nitrogen and oxygen atoms in total. The van der Waals surface area contributed by atoms with Gasteiger partial charge in [-0.05, 0) is 36.1 Å². The molecule has 1 fully saturated rings. The summed E-state index contributed by atoms with van der Waals surface area (Å²) in [5.74, 6) is 0.454. The molecule has 1 amide bonds. The van der Waals surface area contributed by atoms with E-state index in [2.05, 4.69) is 20.3 Å². The lowest BCUT2D eigenvalue weighted by Gasteiger charge is -2.21. The van der Waals surface area contributed by atoms with Crippen molar-refractivity contribution in [1.82, 2.24) is 15.0 Å². The second-order valence-corrected chi connectivity index (χ2v) is 6.67. The average molecular weight is 363 g/mol. The third-order valence-corrected chi connectivity index (χ3v) is 4.61. The van der Waals surface area contributed by atoms with Gasteiger partial charge in [0.25, 0.3) is 0 Å². The SMILES string of the molecule is Cc1ccncc1-c1cc2cc(NC(=O)C=C3CC(F)C3)ncc2c(N)n1. The number of hydrogen-bond donors (Lipinski definition) is 2. The Bertz CT molecular complexity index is 1070. The van der Waals surface area contributed by atoms with Crippen molar-refractivity contribution in [3.8, 4) is 11.3 Å². The fourth-order valence-corrected chi connectivity index (χ4v) is 3.09. The molecule has 27 heavy (non-hydrogen) atoms. The van der Waals surface area contributed by atoms with Crippen molar-refractivity contribution in [1.29, 1.82) is 0 Å². The number of alkyl halides is 1. The standard InChI is InChI=1S/C20H18FN5O/c1-11-2-3-23-9-15(11)17-7-13-8-18(24-10-16(13)20(22)25-17)26-19(27)6-12-4-14(21)5-12/h2-3,6-10,14H,4-5H2,1H3,(H2,22,25)(H,24,26,27). The fourth-order valence-electron chi connectivity index (χ4n) is 3.09. The maximum atomic E-state index is 12.9. The van der Waals surface area contributed by atoms with Gasteiger partial charge in [-0.3, -0.25) is 9.78 Å². The first kappa shape index (κ1) is 17.1. The zero-order valence-electron chi connectivity index (χ0n) is 14.7. The van der Waals surface area contributed by atoms with Gasteiger partial charge >= 0.3 is 0 Å². The van der Waals surface area contributed by atoms with Crippen LogP contribution in [0.1, 0.15) is 18.4 Å². The molecule has 0 saturated heterocycles. The Morgan fingerprint density at radius 3 is 2.89 bits per heavy atom. The number of carbonyl (C=O) groups is 1. The first-order valence-corrected chi connectivity index (χ1v) is 8.61. The Morgan fingerprint density at radius 2 is 2.15 bits per heavy atom. The van der Waals surface area contributed by atoms with Crippen LogP contribution in [0, 0.1) is 6.92 Å². The van der Waals surface area contributed by atoms with E-state index in [1.54, 1.807) is 24.7 Å². The lowest BCUT2D eigenvalue weighted by molar-refractivity contribution is -0.112. The van der Waals surface area contributed by atoms with Crippen molar-refractivity contribution in [3.05, 3.63) is 54.0 Å². The molecule has 1 saturated carbocycles. The number of allylic oxidation sites excluding steroid dienone is 1. The number of carbonyl (C=O) groups excluding carboxylic acids is 1. The summed E-state index contributed by atoms with van der Waals surface area (Å²) in [4.78, 5) is 24.9. The van der Waals surface area contributed by atoms with E-state index in [1.165, 1.54) is 6.08 Å². The summed E-state index contributed by atoms with van der Waals surface area (Å²) in [6.45, 7) is 1.98. The summed E-state index contributed by atoms with van der Waals surface area (Å²) in [6.07, 6.45) is 6.32. The number of hydrogen-bond acceptors (Lipinski definition) is 5. The van der Waals surface area contributed by atoms with Gasteiger partial charge < -0.3 is 11.1 Å². The molecule has 0 aromatic carbocycles. The van der Waals surface area contributed by atoms with E-state index in [0.717, 1.165) is 22.1 Å². The molecule has 0 spiro atoms. The Hall–Kier alpha value is -3.35. The number of aryl methyl sites for hydroxylation is 1. The van der Waals surface area contributed by atoms with Crippen molar-refractivity contribution in [2.45, 2.75) is 25.9 Å². The summed E-state index contributed by atoms with van der Waals surface area (Å²) >= 11 is 0. The molecule has 1 aliphatic rings. The van der Waals surface area contributed by atoms with Crippen LogP contribution in [-0.4, -0.2) is 27.0 Å². The predicted octanol–water partition coefficient (Wildman–Crippen LogP) is 3.58. The van der Waals surface area contributed by atoms with E-state index in [9.17, 15) is 9.18 Å². The fraction of sp³-hybridized carbons (Fsp3) is 0.200. The minimum Gasteiger partial charge on any atom is -0.383 e. The molecule has 0 radical (unpaired) electrons. The molecule has 3 aromatic rings. The van der Waals surface area contributed by atoms with Crippen LogP contribution in [0.2, 0.25) is 0 Å². The van der Waals surface area contributed by atoms with Gasteiger partial charge in [0.1, 0.15) is 17.8 Å². The molecule has 7 heteroatoms. The Kier molecular flexibility index (Phi) is 4.27.